The number of hydrogen-bond donors (Lipinski definition) is 3. The second kappa shape index (κ2) is 9.89. The van der Waals surface area contributed by atoms with Gasteiger partial charge in [-0.2, -0.15) is 0 Å². The molecule has 2 aromatic rings. The summed E-state index contributed by atoms with van der Waals surface area (Å²) in [7, 11) is 0. The molecule has 0 spiro atoms. The molecule has 1 aromatic carbocycles. The number of pyridine rings is 1. The summed E-state index contributed by atoms with van der Waals surface area (Å²) in [5.74, 6) is 0.264. The fourth-order valence-electron chi connectivity index (χ4n) is 2.62. The third kappa shape index (κ3) is 6.13. The number of nitrogens with two attached hydrogens (primary N) is 1. The summed E-state index contributed by atoms with van der Waals surface area (Å²) >= 11 is 0. The number of carbonyl (C=O) groups is 1. The summed E-state index contributed by atoms with van der Waals surface area (Å²) in [5.41, 5.74) is 8.34. The molecular weight excluding hydrogens is 330 g/mol. The van der Waals surface area contributed by atoms with E-state index in [1.165, 1.54) is 6.20 Å². The highest BCUT2D eigenvalue weighted by Crippen LogP contribution is 2.14. The van der Waals surface area contributed by atoms with Crippen LogP contribution in [0.1, 0.15) is 41.8 Å². The van der Waals surface area contributed by atoms with Crippen LogP contribution in [-0.4, -0.2) is 34.8 Å². The van der Waals surface area contributed by atoms with Gasteiger partial charge < -0.3 is 20.9 Å². The zero-order valence-electron chi connectivity index (χ0n) is 15.3. The van der Waals surface area contributed by atoms with Crippen molar-refractivity contribution in [2.24, 2.45) is 5.73 Å². The van der Waals surface area contributed by atoms with Crippen molar-refractivity contribution in [3.8, 4) is 5.75 Å². The Hall–Kier alpha value is -2.44. The molecule has 1 amide bonds. The molecule has 1 atom stereocenters. The molecule has 0 radical (unpaired) electrons. The van der Waals surface area contributed by atoms with Gasteiger partial charge >= 0.3 is 0 Å². The number of aliphatic hydroxyl groups excluding tert-OH is 1. The Balaban J connectivity index is 1.83. The van der Waals surface area contributed by atoms with Crippen molar-refractivity contribution in [2.45, 2.75) is 45.4 Å². The smallest absolute Gasteiger partial charge is 0.253 e. The fourth-order valence-corrected chi connectivity index (χ4v) is 2.62. The summed E-state index contributed by atoms with van der Waals surface area (Å²) in [4.78, 5) is 16.2. The Morgan fingerprint density at radius 2 is 2.00 bits per heavy atom. The molecule has 6 heteroatoms. The molecular formula is C20H27N3O3. The van der Waals surface area contributed by atoms with Crippen LogP contribution in [-0.2, 0) is 13.0 Å². The Bertz CT molecular complexity index is 719. The molecule has 1 heterocycles. The van der Waals surface area contributed by atoms with Crippen LogP contribution in [0, 0.1) is 0 Å². The SMILES string of the molecule is CC(C)Oc1cncc(C(=O)NC[C@@H](O)CCc2ccccc2CN)c1. The first-order valence-electron chi connectivity index (χ1n) is 8.84. The molecule has 0 unspecified atom stereocenters. The Morgan fingerprint density at radius 3 is 2.69 bits per heavy atom. The molecule has 0 bridgehead atoms. The second-order valence-electron chi connectivity index (χ2n) is 6.45. The van der Waals surface area contributed by atoms with E-state index in [1.807, 2.05) is 38.1 Å². The van der Waals surface area contributed by atoms with Crippen molar-refractivity contribution in [3.05, 3.63) is 59.4 Å². The van der Waals surface area contributed by atoms with Gasteiger partial charge in [0, 0.05) is 19.3 Å². The van der Waals surface area contributed by atoms with Gasteiger partial charge in [-0.25, -0.2) is 0 Å². The minimum absolute atomic E-state index is 0.00771. The molecule has 0 aliphatic carbocycles. The first-order chi connectivity index (χ1) is 12.5. The van der Waals surface area contributed by atoms with Crippen molar-refractivity contribution in [2.75, 3.05) is 6.54 Å². The number of hydrogen-bond acceptors (Lipinski definition) is 5. The number of carbonyl (C=O) groups excluding carboxylic acids is 1. The second-order valence-corrected chi connectivity index (χ2v) is 6.45. The van der Waals surface area contributed by atoms with Gasteiger partial charge in [0.15, 0.2) is 0 Å². The highest BCUT2D eigenvalue weighted by Gasteiger charge is 2.12. The third-order valence-electron chi connectivity index (χ3n) is 3.93. The van der Waals surface area contributed by atoms with Gasteiger partial charge in [0.25, 0.3) is 5.91 Å². The first-order valence-corrected chi connectivity index (χ1v) is 8.84. The molecule has 26 heavy (non-hydrogen) atoms. The van der Waals surface area contributed by atoms with Gasteiger partial charge in [-0.1, -0.05) is 24.3 Å². The summed E-state index contributed by atoms with van der Waals surface area (Å²) in [6.07, 6.45) is 3.68. The molecule has 2 rings (SSSR count). The third-order valence-corrected chi connectivity index (χ3v) is 3.93. The van der Waals surface area contributed by atoms with Crippen LogP contribution in [0.3, 0.4) is 0 Å². The van der Waals surface area contributed by atoms with Crippen LogP contribution < -0.4 is 15.8 Å². The summed E-state index contributed by atoms with van der Waals surface area (Å²) in [5, 5.41) is 12.9. The van der Waals surface area contributed by atoms with Crippen molar-refractivity contribution < 1.29 is 14.6 Å². The number of aliphatic hydroxyl groups is 1. The minimum atomic E-state index is -0.632. The molecule has 0 saturated carbocycles. The zero-order chi connectivity index (χ0) is 18.9. The molecule has 0 saturated heterocycles. The number of aryl methyl sites for hydroxylation is 1. The predicted octanol–water partition coefficient (Wildman–Crippen LogP) is 2.05. The lowest BCUT2D eigenvalue weighted by molar-refractivity contribution is 0.0909. The zero-order valence-corrected chi connectivity index (χ0v) is 15.3. The molecule has 0 aliphatic heterocycles. The number of nitrogens with one attached hydrogen (secondary N) is 1. The van der Waals surface area contributed by atoms with E-state index in [1.54, 1.807) is 12.3 Å². The topological polar surface area (TPSA) is 97.5 Å². The number of rotatable bonds is 9. The van der Waals surface area contributed by atoms with Gasteiger partial charge in [0.1, 0.15) is 5.75 Å². The maximum atomic E-state index is 12.2. The van der Waals surface area contributed by atoms with Gasteiger partial charge in [0.2, 0.25) is 0 Å². The number of ether oxygens (including phenoxy) is 1. The highest BCUT2D eigenvalue weighted by atomic mass is 16.5. The van der Waals surface area contributed by atoms with Gasteiger partial charge in [-0.3, -0.25) is 9.78 Å². The summed E-state index contributed by atoms with van der Waals surface area (Å²) in [6, 6.07) is 9.56. The van der Waals surface area contributed by atoms with Crippen molar-refractivity contribution >= 4 is 5.91 Å². The number of aromatic nitrogens is 1. The van der Waals surface area contributed by atoms with Crippen LogP contribution in [0.2, 0.25) is 0 Å². The van der Waals surface area contributed by atoms with Crippen molar-refractivity contribution in [3.63, 3.8) is 0 Å². The molecule has 140 valence electrons. The Labute approximate surface area is 154 Å². The summed E-state index contributed by atoms with van der Waals surface area (Å²) in [6.45, 7) is 4.47. The Kier molecular flexibility index (Phi) is 7.56. The molecule has 4 N–H and O–H groups in total. The highest BCUT2D eigenvalue weighted by molar-refractivity contribution is 5.94. The monoisotopic (exact) mass is 357 g/mol. The molecule has 1 aromatic heterocycles. The largest absolute Gasteiger partial charge is 0.489 e. The number of benzene rings is 1. The van der Waals surface area contributed by atoms with E-state index in [-0.39, 0.29) is 18.6 Å². The first kappa shape index (κ1) is 19.9. The number of nitrogens with zero attached hydrogens (tertiary/aromatic N) is 1. The average Bonchev–Trinajstić information content (AvgIpc) is 2.64. The quantitative estimate of drug-likeness (QED) is 0.638. The van der Waals surface area contributed by atoms with Crippen LogP contribution >= 0.6 is 0 Å². The van der Waals surface area contributed by atoms with Crippen LogP contribution in [0.5, 0.6) is 5.75 Å². The average molecular weight is 357 g/mol. The van der Waals surface area contributed by atoms with Gasteiger partial charge in [-0.15, -0.1) is 0 Å². The van der Waals surface area contributed by atoms with E-state index < -0.39 is 6.10 Å². The lowest BCUT2D eigenvalue weighted by Crippen LogP contribution is -2.32. The van der Waals surface area contributed by atoms with Crippen molar-refractivity contribution in [1.29, 1.82) is 0 Å². The maximum Gasteiger partial charge on any atom is 0.253 e. The minimum Gasteiger partial charge on any atom is -0.489 e. The van der Waals surface area contributed by atoms with E-state index >= 15 is 0 Å². The fraction of sp³-hybridized carbons (Fsp3) is 0.400. The summed E-state index contributed by atoms with van der Waals surface area (Å²) < 4.78 is 5.54. The van der Waals surface area contributed by atoms with E-state index in [4.69, 9.17) is 10.5 Å². The molecule has 0 fully saturated rings. The standard InChI is InChI=1S/C20H27N3O3/c1-14(2)26-19-9-17(11-22-13-19)20(25)23-12-18(24)8-7-15-5-3-4-6-16(15)10-21/h3-6,9,11,13-14,18,24H,7-8,10,12,21H2,1-2H3,(H,23,25)/t18-/m0/s1. The van der Waals surface area contributed by atoms with Gasteiger partial charge in [-0.05, 0) is 43.9 Å². The number of amides is 1. The van der Waals surface area contributed by atoms with Crippen LogP contribution in [0.25, 0.3) is 0 Å². The van der Waals surface area contributed by atoms with Crippen LogP contribution in [0.4, 0.5) is 0 Å². The lowest BCUT2D eigenvalue weighted by atomic mass is 10.0. The maximum absolute atomic E-state index is 12.2. The Morgan fingerprint density at radius 1 is 1.27 bits per heavy atom. The predicted molar refractivity (Wildman–Crippen MR) is 101 cm³/mol. The van der Waals surface area contributed by atoms with E-state index in [2.05, 4.69) is 10.3 Å². The van der Waals surface area contributed by atoms with Crippen LogP contribution in [0.15, 0.2) is 42.7 Å². The van der Waals surface area contributed by atoms with E-state index in [0.29, 0.717) is 30.7 Å². The van der Waals surface area contributed by atoms with Gasteiger partial charge in [0.05, 0.1) is 24.0 Å². The molecule has 0 aliphatic rings. The van der Waals surface area contributed by atoms with E-state index in [0.717, 1.165) is 11.1 Å². The van der Waals surface area contributed by atoms with Crippen molar-refractivity contribution in [1.82, 2.24) is 10.3 Å². The normalized spacial score (nSPS) is 12.0. The molecule has 6 nitrogen and oxygen atoms in total. The lowest BCUT2D eigenvalue weighted by Gasteiger charge is -2.14. The van der Waals surface area contributed by atoms with E-state index in [9.17, 15) is 9.90 Å².